The van der Waals surface area contributed by atoms with Crippen LogP contribution in [-0.2, 0) is 16.6 Å². The average Bonchev–Trinajstić information content (AvgIpc) is 2.95. The van der Waals surface area contributed by atoms with Crippen molar-refractivity contribution in [3.8, 4) is 0 Å². The molecule has 110 valence electrons. The number of hydrogen-bond donors (Lipinski definition) is 2. The highest BCUT2D eigenvalue weighted by Crippen LogP contribution is 2.28. The largest absolute Gasteiger partial charge is 0.326 e. The fraction of sp³-hybridized carbons (Fsp3) is 0.385. The molecule has 3 N–H and O–H groups in total. The van der Waals surface area contributed by atoms with Crippen LogP contribution in [-0.4, -0.2) is 8.42 Å². The molecule has 0 aliphatic carbocycles. The lowest BCUT2D eigenvalue weighted by Crippen LogP contribution is -2.26. The van der Waals surface area contributed by atoms with E-state index < -0.39 is 10.0 Å². The third-order valence-corrected chi connectivity index (χ3v) is 7.02. The molecule has 0 saturated carbocycles. The van der Waals surface area contributed by atoms with E-state index >= 15 is 0 Å². The van der Waals surface area contributed by atoms with Gasteiger partial charge in [-0.05, 0) is 49.4 Å². The minimum atomic E-state index is -3.49. The number of sulfonamides is 1. The zero-order chi connectivity index (χ0) is 14.9. The van der Waals surface area contributed by atoms with Crippen molar-refractivity contribution in [2.75, 3.05) is 0 Å². The molecule has 0 aromatic carbocycles. The Morgan fingerprint density at radius 2 is 2.05 bits per heavy atom. The molecule has 1 unspecified atom stereocenters. The quantitative estimate of drug-likeness (QED) is 0.885. The zero-order valence-electron chi connectivity index (χ0n) is 11.6. The van der Waals surface area contributed by atoms with E-state index in [9.17, 15) is 8.42 Å². The van der Waals surface area contributed by atoms with Gasteiger partial charge in [0, 0.05) is 22.3 Å². The van der Waals surface area contributed by atoms with Gasteiger partial charge >= 0.3 is 0 Å². The van der Waals surface area contributed by atoms with Crippen LogP contribution >= 0.6 is 22.7 Å². The summed E-state index contributed by atoms with van der Waals surface area (Å²) >= 11 is 2.88. The van der Waals surface area contributed by atoms with Gasteiger partial charge < -0.3 is 5.73 Å². The first-order valence-corrected chi connectivity index (χ1v) is 9.38. The second-order valence-electron chi connectivity index (χ2n) is 4.69. The van der Waals surface area contributed by atoms with Crippen LogP contribution in [0.5, 0.6) is 0 Å². The summed E-state index contributed by atoms with van der Waals surface area (Å²) in [5, 5.41) is 1.78. The van der Waals surface area contributed by atoms with Gasteiger partial charge in [-0.15, -0.1) is 22.7 Å². The number of rotatable bonds is 5. The summed E-state index contributed by atoms with van der Waals surface area (Å²) in [5.74, 6) is 0. The highest BCUT2D eigenvalue weighted by atomic mass is 32.2. The van der Waals surface area contributed by atoms with Crippen LogP contribution < -0.4 is 10.5 Å². The van der Waals surface area contributed by atoms with Crippen LogP contribution in [0.25, 0.3) is 0 Å². The van der Waals surface area contributed by atoms with E-state index in [0.29, 0.717) is 10.8 Å². The molecule has 0 bridgehead atoms. The van der Waals surface area contributed by atoms with E-state index in [2.05, 4.69) is 4.72 Å². The lowest BCUT2D eigenvalue weighted by molar-refractivity contribution is 0.569. The average molecular weight is 330 g/mol. The first kappa shape index (κ1) is 15.7. The Balaban J connectivity index is 2.21. The molecule has 0 aliphatic rings. The van der Waals surface area contributed by atoms with Crippen LogP contribution in [0, 0.1) is 13.8 Å². The molecule has 2 rings (SSSR count). The van der Waals surface area contributed by atoms with Crippen molar-refractivity contribution in [3.05, 3.63) is 38.4 Å². The SMILES string of the molecule is Cc1cc(C(C)NS(=O)(=O)c2cc(CN)cs2)c(C)s1. The maximum atomic E-state index is 12.3. The van der Waals surface area contributed by atoms with Gasteiger partial charge in [-0.2, -0.15) is 0 Å². The molecule has 0 fully saturated rings. The third kappa shape index (κ3) is 3.29. The number of aryl methyl sites for hydroxylation is 2. The molecule has 2 aromatic heterocycles. The molecule has 4 nitrogen and oxygen atoms in total. The second kappa shape index (κ2) is 5.95. The Morgan fingerprint density at radius 1 is 1.35 bits per heavy atom. The minimum absolute atomic E-state index is 0.242. The molecule has 2 heterocycles. The van der Waals surface area contributed by atoms with Gasteiger partial charge in [0.2, 0.25) is 0 Å². The van der Waals surface area contributed by atoms with Gasteiger partial charge in [0.05, 0.1) is 0 Å². The van der Waals surface area contributed by atoms with E-state index in [1.807, 2.05) is 26.8 Å². The zero-order valence-corrected chi connectivity index (χ0v) is 14.1. The molecule has 1 atom stereocenters. The summed E-state index contributed by atoms with van der Waals surface area (Å²) in [4.78, 5) is 2.33. The molecular weight excluding hydrogens is 312 g/mol. The van der Waals surface area contributed by atoms with Crippen molar-refractivity contribution in [1.29, 1.82) is 0 Å². The Hall–Kier alpha value is -0.730. The van der Waals surface area contributed by atoms with E-state index in [-0.39, 0.29) is 6.04 Å². The summed E-state index contributed by atoms with van der Waals surface area (Å²) in [6.07, 6.45) is 0. The van der Waals surface area contributed by atoms with Crippen LogP contribution in [0.3, 0.4) is 0 Å². The van der Waals surface area contributed by atoms with Gasteiger partial charge in [-0.25, -0.2) is 13.1 Å². The summed E-state index contributed by atoms with van der Waals surface area (Å²) in [6.45, 7) is 6.25. The van der Waals surface area contributed by atoms with Gasteiger partial charge in [-0.1, -0.05) is 0 Å². The van der Waals surface area contributed by atoms with Crippen molar-refractivity contribution in [2.45, 2.75) is 37.6 Å². The number of nitrogens with two attached hydrogens (primary N) is 1. The van der Waals surface area contributed by atoms with Crippen LogP contribution in [0.1, 0.15) is 33.8 Å². The van der Waals surface area contributed by atoms with Crippen molar-refractivity contribution >= 4 is 32.7 Å². The predicted octanol–water partition coefficient (Wildman–Crippen LogP) is 2.92. The maximum Gasteiger partial charge on any atom is 0.250 e. The summed E-state index contributed by atoms with van der Waals surface area (Å²) in [7, 11) is -3.49. The predicted molar refractivity (Wildman–Crippen MR) is 84.7 cm³/mol. The molecule has 0 saturated heterocycles. The second-order valence-corrected chi connectivity index (χ2v) is 9.00. The molecular formula is C13H18N2O2S3. The number of hydrogen-bond acceptors (Lipinski definition) is 5. The Labute approximate surface area is 127 Å². The lowest BCUT2D eigenvalue weighted by atomic mass is 10.1. The van der Waals surface area contributed by atoms with E-state index in [1.165, 1.54) is 16.2 Å². The molecule has 2 aromatic rings. The highest BCUT2D eigenvalue weighted by Gasteiger charge is 2.21. The Kier molecular flexibility index (Phi) is 4.66. The fourth-order valence-corrected chi connectivity index (χ4v) is 5.52. The fourth-order valence-electron chi connectivity index (χ4n) is 2.04. The van der Waals surface area contributed by atoms with Crippen LogP contribution in [0.15, 0.2) is 21.7 Å². The summed E-state index contributed by atoms with van der Waals surface area (Å²) in [5.41, 5.74) is 7.39. The summed E-state index contributed by atoms with van der Waals surface area (Å²) in [6, 6.07) is 3.42. The monoisotopic (exact) mass is 330 g/mol. The third-order valence-electron chi connectivity index (χ3n) is 3.01. The normalized spacial score (nSPS) is 13.6. The van der Waals surface area contributed by atoms with Gasteiger partial charge in [0.15, 0.2) is 0 Å². The first-order valence-electron chi connectivity index (χ1n) is 6.20. The molecule has 0 aliphatic heterocycles. The standard InChI is InChI=1S/C13H18N2O2S3/c1-8-4-12(10(3)19-8)9(2)15-20(16,17)13-5-11(6-14)7-18-13/h4-5,7,9,15H,6,14H2,1-3H3. The Morgan fingerprint density at radius 3 is 2.55 bits per heavy atom. The first-order chi connectivity index (χ1) is 9.33. The Bertz CT molecular complexity index is 701. The van der Waals surface area contributed by atoms with Crippen molar-refractivity contribution in [3.63, 3.8) is 0 Å². The molecule has 0 spiro atoms. The molecule has 7 heteroatoms. The highest BCUT2D eigenvalue weighted by molar-refractivity contribution is 7.91. The molecule has 0 amide bonds. The van der Waals surface area contributed by atoms with Crippen molar-refractivity contribution in [1.82, 2.24) is 4.72 Å². The van der Waals surface area contributed by atoms with Crippen LogP contribution in [0.2, 0.25) is 0 Å². The van der Waals surface area contributed by atoms with Gasteiger partial charge in [0.1, 0.15) is 4.21 Å². The van der Waals surface area contributed by atoms with Gasteiger partial charge in [-0.3, -0.25) is 0 Å². The van der Waals surface area contributed by atoms with Crippen molar-refractivity contribution in [2.24, 2.45) is 5.73 Å². The number of nitrogens with one attached hydrogen (secondary N) is 1. The maximum absolute atomic E-state index is 12.3. The smallest absolute Gasteiger partial charge is 0.250 e. The van der Waals surface area contributed by atoms with Crippen molar-refractivity contribution < 1.29 is 8.42 Å². The lowest BCUT2D eigenvalue weighted by Gasteiger charge is -2.13. The summed E-state index contributed by atoms with van der Waals surface area (Å²) < 4.78 is 27.7. The molecule has 20 heavy (non-hydrogen) atoms. The van der Waals surface area contributed by atoms with E-state index in [1.54, 1.807) is 22.8 Å². The van der Waals surface area contributed by atoms with E-state index in [4.69, 9.17) is 5.73 Å². The topological polar surface area (TPSA) is 72.2 Å². The van der Waals surface area contributed by atoms with E-state index in [0.717, 1.165) is 16.0 Å². The van der Waals surface area contributed by atoms with Crippen LogP contribution in [0.4, 0.5) is 0 Å². The number of thiophene rings is 2. The molecule has 0 radical (unpaired) electrons. The van der Waals surface area contributed by atoms with Gasteiger partial charge in [0.25, 0.3) is 10.0 Å². The minimum Gasteiger partial charge on any atom is -0.326 e.